The molecule has 26 heavy (non-hydrogen) atoms. The first-order chi connectivity index (χ1) is 12.6. The summed E-state index contributed by atoms with van der Waals surface area (Å²) in [5.41, 5.74) is 2.98. The van der Waals surface area contributed by atoms with Gasteiger partial charge in [-0.1, -0.05) is 0 Å². The van der Waals surface area contributed by atoms with Gasteiger partial charge in [0, 0.05) is 42.7 Å². The van der Waals surface area contributed by atoms with Crippen LogP contribution in [-0.4, -0.2) is 47.3 Å². The molecule has 4 rings (SSSR count). The molecule has 1 fully saturated rings. The van der Waals surface area contributed by atoms with Crippen LogP contribution in [0.4, 0.5) is 0 Å². The highest BCUT2D eigenvalue weighted by Crippen LogP contribution is 2.32. The zero-order valence-corrected chi connectivity index (χ0v) is 15.6. The largest absolute Gasteiger partial charge is 0.489 e. The molecule has 2 aliphatic heterocycles. The zero-order chi connectivity index (χ0) is 18.1. The second kappa shape index (κ2) is 7.11. The van der Waals surface area contributed by atoms with E-state index in [9.17, 15) is 0 Å². The van der Waals surface area contributed by atoms with Gasteiger partial charge in [-0.15, -0.1) is 0 Å². The average Bonchev–Trinajstić information content (AvgIpc) is 3.08. The molecule has 0 bridgehead atoms. The van der Waals surface area contributed by atoms with Crippen molar-refractivity contribution < 1.29 is 14.2 Å². The second-order valence-corrected chi connectivity index (χ2v) is 7.02. The van der Waals surface area contributed by atoms with Crippen LogP contribution in [0.15, 0.2) is 24.3 Å². The van der Waals surface area contributed by atoms with Crippen LogP contribution in [0.3, 0.4) is 0 Å². The van der Waals surface area contributed by atoms with Gasteiger partial charge in [-0.05, 0) is 39.3 Å². The molecule has 6 heteroatoms. The van der Waals surface area contributed by atoms with E-state index in [2.05, 4.69) is 21.8 Å². The minimum atomic E-state index is 0.191. The summed E-state index contributed by atoms with van der Waals surface area (Å²) >= 11 is 0. The van der Waals surface area contributed by atoms with Crippen LogP contribution >= 0.6 is 0 Å². The van der Waals surface area contributed by atoms with Crippen LogP contribution < -0.4 is 14.2 Å². The Morgan fingerprint density at radius 1 is 1.12 bits per heavy atom. The Kier molecular flexibility index (Phi) is 4.68. The maximum Gasteiger partial charge on any atom is 0.257 e. The molecular weight excluding hydrogens is 330 g/mol. The Labute approximate surface area is 154 Å². The van der Waals surface area contributed by atoms with Crippen molar-refractivity contribution in [1.82, 2.24) is 14.9 Å². The summed E-state index contributed by atoms with van der Waals surface area (Å²) in [6.45, 7) is 9.20. The number of nitrogens with zero attached hydrogens (tertiary/aromatic N) is 3. The third-order valence-corrected chi connectivity index (χ3v) is 4.94. The van der Waals surface area contributed by atoms with Crippen molar-refractivity contribution in [2.45, 2.75) is 39.3 Å². The van der Waals surface area contributed by atoms with Gasteiger partial charge in [0.15, 0.2) is 5.75 Å². The summed E-state index contributed by atoms with van der Waals surface area (Å²) in [4.78, 5) is 11.5. The van der Waals surface area contributed by atoms with E-state index in [0.717, 1.165) is 48.1 Å². The van der Waals surface area contributed by atoms with E-state index in [1.807, 2.05) is 38.1 Å². The summed E-state index contributed by atoms with van der Waals surface area (Å²) < 4.78 is 17.4. The topological polar surface area (TPSA) is 56.7 Å². The third kappa shape index (κ3) is 3.60. The maximum atomic E-state index is 6.20. The van der Waals surface area contributed by atoms with Gasteiger partial charge in [0.25, 0.3) is 5.88 Å². The van der Waals surface area contributed by atoms with E-state index < -0.39 is 0 Å². The smallest absolute Gasteiger partial charge is 0.257 e. The van der Waals surface area contributed by atoms with Crippen molar-refractivity contribution in [3.63, 3.8) is 0 Å². The van der Waals surface area contributed by atoms with Crippen molar-refractivity contribution >= 4 is 0 Å². The molecule has 2 aromatic heterocycles. The fourth-order valence-electron chi connectivity index (χ4n) is 3.62. The first-order valence-corrected chi connectivity index (χ1v) is 9.21. The van der Waals surface area contributed by atoms with Crippen molar-refractivity contribution in [3.8, 4) is 17.4 Å². The molecule has 0 amide bonds. The molecule has 2 aliphatic rings. The molecule has 0 aromatic carbocycles. The zero-order valence-electron chi connectivity index (χ0n) is 15.6. The van der Waals surface area contributed by atoms with E-state index in [4.69, 9.17) is 14.2 Å². The summed E-state index contributed by atoms with van der Waals surface area (Å²) in [6, 6.07) is 8.20. The molecule has 2 atom stereocenters. The van der Waals surface area contributed by atoms with Gasteiger partial charge in [-0.3, -0.25) is 9.88 Å². The summed E-state index contributed by atoms with van der Waals surface area (Å²) in [6.07, 6.45) is 1.20. The average molecular weight is 355 g/mol. The molecule has 138 valence electrons. The molecule has 4 heterocycles. The lowest BCUT2D eigenvalue weighted by Crippen LogP contribution is -2.28. The molecule has 6 nitrogen and oxygen atoms in total. The van der Waals surface area contributed by atoms with E-state index in [1.54, 1.807) is 0 Å². The fraction of sp³-hybridized carbons (Fsp3) is 0.500. The SMILES string of the molecule is Cc1cc(O[C@H]2CCN([C@@H](C)c3ccc4c(n3)OCCO4)C2)cc(C)n1. The quantitative estimate of drug-likeness (QED) is 0.840. The van der Waals surface area contributed by atoms with Gasteiger partial charge < -0.3 is 14.2 Å². The monoisotopic (exact) mass is 355 g/mol. The molecule has 0 spiro atoms. The van der Waals surface area contributed by atoms with Gasteiger partial charge in [0.1, 0.15) is 25.1 Å². The molecule has 0 radical (unpaired) electrons. The molecule has 0 saturated carbocycles. The molecule has 1 saturated heterocycles. The molecular formula is C20H25N3O3. The van der Waals surface area contributed by atoms with Crippen molar-refractivity contribution in [2.24, 2.45) is 0 Å². The normalized spacial score (nSPS) is 20.8. The van der Waals surface area contributed by atoms with Gasteiger partial charge >= 0.3 is 0 Å². The first kappa shape index (κ1) is 17.1. The lowest BCUT2D eigenvalue weighted by atomic mass is 10.2. The summed E-state index contributed by atoms with van der Waals surface area (Å²) in [5.74, 6) is 2.25. The van der Waals surface area contributed by atoms with Gasteiger partial charge in [-0.25, -0.2) is 4.98 Å². The van der Waals surface area contributed by atoms with E-state index in [0.29, 0.717) is 19.1 Å². The maximum absolute atomic E-state index is 6.20. The molecule has 0 aliphatic carbocycles. The number of ether oxygens (including phenoxy) is 3. The molecule has 0 N–H and O–H groups in total. The van der Waals surface area contributed by atoms with Gasteiger partial charge in [0.05, 0.1) is 5.69 Å². The predicted molar refractivity (Wildman–Crippen MR) is 98.0 cm³/mol. The number of aromatic nitrogens is 2. The number of aryl methyl sites for hydroxylation is 2. The predicted octanol–water partition coefficient (Wildman–Crippen LogP) is 3.08. The Morgan fingerprint density at radius 3 is 2.69 bits per heavy atom. The van der Waals surface area contributed by atoms with Crippen LogP contribution in [0.25, 0.3) is 0 Å². The number of likely N-dealkylation sites (tertiary alicyclic amines) is 1. The summed E-state index contributed by atoms with van der Waals surface area (Å²) in [7, 11) is 0. The molecule has 0 unspecified atom stereocenters. The molecule has 2 aromatic rings. The van der Waals surface area contributed by atoms with Crippen LogP contribution in [0, 0.1) is 13.8 Å². The standard InChI is InChI=1S/C20H25N3O3/c1-13-10-17(11-14(2)21-13)26-16-6-7-23(12-16)15(3)18-4-5-19-20(22-18)25-9-8-24-19/h4-5,10-11,15-16H,6-9,12H2,1-3H3/t15-,16-/m0/s1. The Balaban J connectivity index is 1.41. The van der Waals surface area contributed by atoms with Crippen molar-refractivity contribution in [3.05, 3.63) is 41.3 Å². The first-order valence-electron chi connectivity index (χ1n) is 9.21. The highest BCUT2D eigenvalue weighted by Gasteiger charge is 2.29. The Bertz CT molecular complexity index is 776. The number of hydrogen-bond acceptors (Lipinski definition) is 6. The second-order valence-electron chi connectivity index (χ2n) is 7.02. The van der Waals surface area contributed by atoms with Crippen molar-refractivity contribution in [2.75, 3.05) is 26.3 Å². The third-order valence-electron chi connectivity index (χ3n) is 4.94. The van der Waals surface area contributed by atoms with Crippen LogP contribution in [0.1, 0.15) is 36.5 Å². The minimum absolute atomic E-state index is 0.191. The number of pyridine rings is 2. The van der Waals surface area contributed by atoms with Crippen LogP contribution in [0.5, 0.6) is 17.4 Å². The highest BCUT2D eigenvalue weighted by molar-refractivity contribution is 5.36. The van der Waals surface area contributed by atoms with Crippen LogP contribution in [0.2, 0.25) is 0 Å². The Hall–Kier alpha value is -2.34. The van der Waals surface area contributed by atoms with Crippen molar-refractivity contribution in [1.29, 1.82) is 0 Å². The Morgan fingerprint density at radius 2 is 1.88 bits per heavy atom. The number of fused-ring (bicyclic) bond motifs is 1. The lowest BCUT2D eigenvalue weighted by Gasteiger charge is -2.25. The lowest BCUT2D eigenvalue weighted by molar-refractivity contribution is 0.160. The minimum Gasteiger partial charge on any atom is -0.489 e. The van der Waals surface area contributed by atoms with E-state index in [1.165, 1.54) is 0 Å². The van der Waals surface area contributed by atoms with E-state index in [-0.39, 0.29) is 12.1 Å². The van der Waals surface area contributed by atoms with Gasteiger partial charge in [0.2, 0.25) is 0 Å². The van der Waals surface area contributed by atoms with Crippen LogP contribution in [-0.2, 0) is 0 Å². The highest BCUT2D eigenvalue weighted by atomic mass is 16.6. The number of hydrogen-bond donors (Lipinski definition) is 0. The van der Waals surface area contributed by atoms with Gasteiger partial charge in [-0.2, -0.15) is 0 Å². The van der Waals surface area contributed by atoms with E-state index >= 15 is 0 Å². The summed E-state index contributed by atoms with van der Waals surface area (Å²) in [5, 5.41) is 0. The fourth-order valence-corrected chi connectivity index (χ4v) is 3.62. The number of rotatable bonds is 4.